The van der Waals surface area contributed by atoms with Crippen molar-refractivity contribution in [1.82, 2.24) is 15.2 Å². The molecule has 0 aliphatic carbocycles. The largest absolute Gasteiger partial charge is 0.358 e. The Morgan fingerprint density at radius 1 is 1.26 bits per heavy atom. The maximum atomic E-state index is 12.5. The second-order valence-electron chi connectivity index (χ2n) is 6.30. The molecule has 1 atom stereocenters. The van der Waals surface area contributed by atoms with Crippen molar-refractivity contribution < 1.29 is 9.59 Å². The summed E-state index contributed by atoms with van der Waals surface area (Å²) in [5, 5.41) is 3.60. The number of H-pyrrole nitrogens is 1. The van der Waals surface area contributed by atoms with Gasteiger partial charge in [0.2, 0.25) is 0 Å². The molecule has 0 radical (unpaired) electrons. The molecular formula is C18H23N3O2. The second-order valence-corrected chi connectivity index (χ2v) is 6.30. The Balaban J connectivity index is 1.69. The Kier molecular flexibility index (Phi) is 4.48. The van der Waals surface area contributed by atoms with Crippen LogP contribution in [0.25, 0.3) is 10.9 Å². The van der Waals surface area contributed by atoms with Gasteiger partial charge in [-0.3, -0.25) is 14.5 Å². The average molecular weight is 313 g/mol. The van der Waals surface area contributed by atoms with Crippen LogP contribution in [0.2, 0.25) is 0 Å². The molecule has 1 aromatic heterocycles. The fourth-order valence-electron chi connectivity index (χ4n) is 3.31. The molecule has 1 amide bonds. The van der Waals surface area contributed by atoms with Crippen molar-refractivity contribution in [2.75, 3.05) is 19.6 Å². The lowest BCUT2D eigenvalue weighted by molar-refractivity contribution is -0.117. The summed E-state index contributed by atoms with van der Waals surface area (Å²) in [5.74, 6) is -0.988. The molecule has 0 spiro atoms. The molecule has 2 heterocycles. The number of carbonyl (C=O) groups is 2. The molecule has 5 heteroatoms. The number of carbonyl (C=O) groups excluding carboxylic acids is 2. The van der Waals surface area contributed by atoms with Gasteiger partial charge in [0.1, 0.15) is 0 Å². The number of aryl methyl sites for hydroxylation is 1. The molecule has 1 aromatic carbocycles. The summed E-state index contributed by atoms with van der Waals surface area (Å²) >= 11 is 0. The highest BCUT2D eigenvalue weighted by molar-refractivity contribution is 6.45. The molecule has 0 bridgehead atoms. The molecule has 0 unspecified atom stereocenters. The van der Waals surface area contributed by atoms with Crippen molar-refractivity contribution in [3.05, 3.63) is 35.5 Å². The molecule has 5 nitrogen and oxygen atoms in total. The number of nitrogens with zero attached hydrogens (tertiary/aromatic N) is 1. The third-order valence-corrected chi connectivity index (χ3v) is 4.65. The average Bonchev–Trinajstić information content (AvgIpc) is 3.18. The number of aromatic nitrogens is 1. The summed E-state index contributed by atoms with van der Waals surface area (Å²) in [6, 6.07) is 7.82. The first-order valence-electron chi connectivity index (χ1n) is 8.22. The number of rotatable bonds is 5. The number of para-hydroxylation sites is 1. The topological polar surface area (TPSA) is 65.2 Å². The summed E-state index contributed by atoms with van der Waals surface area (Å²) < 4.78 is 0. The van der Waals surface area contributed by atoms with Crippen molar-refractivity contribution in [3.63, 3.8) is 0 Å². The van der Waals surface area contributed by atoms with Crippen LogP contribution in [0.1, 0.15) is 35.8 Å². The van der Waals surface area contributed by atoms with Crippen LogP contribution in [-0.4, -0.2) is 47.3 Å². The van der Waals surface area contributed by atoms with Crippen molar-refractivity contribution >= 4 is 22.6 Å². The highest BCUT2D eigenvalue weighted by Gasteiger charge is 2.24. The quantitative estimate of drug-likeness (QED) is 0.657. The maximum absolute atomic E-state index is 12.5. The van der Waals surface area contributed by atoms with E-state index in [2.05, 4.69) is 22.1 Å². The monoisotopic (exact) mass is 313 g/mol. The summed E-state index contributed by atoms with van der Waals surface area (Å²) in [6.07, 6.45) is 2.43. The van der Waals surface area contributed by atoms with E-state index in [1.165, 1.54) is 12.8 Å². The molecule has 2 N–H and O–H groups in total. The Bertz CT molecular complexity index is 729. The zero-order valence-electron chi connectivity index (χ0n) is 13.7. The van der Waals surface area contributed by atoms with E-state index in [9.17, 15) is 9.59 Å². The van der Waals surface area contributed by atoms with E-state index in [0.29, 0.717) is 12.1 Å². The normalized spacial score (nSPS) is 16.6. The van der Waals surface area contributed by atoms with Gasteiger partial charge in [0, 0.05) is 29.2 Å². The van der Waals surface area contributed by atoms with Crippen molar-refractivity contribution in [3.8, 4) is 0 Å². The summed E-state index contributed by atoms with van der Waals surface area (Å²) in [7, 11) is 0. The van der Waals surface area contributed by atoms with Crippen LogP contribution >= 0.6 is 0 Å². The second kappa shape index (κ2) is 6.54. The number of Topliss-reactive ketones (excluding diaryl/α,β-unsaturated/α-hetero) is 1. The number of amides is 1. The maximum Gasteiger partial charge on any atom is 0.292 e. The number of nitrogens with one attached hydrogen (secondary N) is 2. The van der Waals surface area contributed by atoms with Gasteiger partial charge < -0.3 is 10.3 Å². The molecule has 1 aliphatic heterocycles. The Labute approximate surface area is 136 Å². The van der Waals surface area contributed by atoms with E-state index in [4.69, 9.17) is 0 Å². The summed E-state index contributed by atoms with van der Waals surface area (Å²) in [6.45, 7) is 6.57. The molecule has 1 fully saturated rings. The fourth-order valence-corrected chi connectivity index (χ4v) is 3.31. The smallest absolute Gasteiger partial charge is 0.292 e. The number of likely N-dealkylation sites (tertiary alicyclic amines) is 1. The first-order chi connectivity index (χ1) is 11.1. The number of hydrogen-bond acceptors (Lipinski definition) is 3. The van der Waals surface area contributed by atoms with E-state index in [1.54, 1.807) is 0 Å². The van der Waals surface area contributed by atoms with Crippen LogP contribution in [0.3, 0.4) is 0 Å². The summed E-state index contributed by atoms with van der Waals surface area (Å²) in [4.78, 5) is 30.3. The van der Waals surface area contributed by atoms with Gasteiger partial charge in [-0.05, 0) is 45.8 Å². The van der Waals surface area contributed by atoms with Crippen molar-refractivity contribution in [2.45, 2.75) is 32.7 Å². The highest BCUT2D eigenvalue weighted by Crippen LogP contribution is 2.22. The van der Waals surface area contributed by atoms with E-state index in [0.717, 1.165) is 29.7 Å². The Hall–Kier alpha value is -2.14. The van der Waals surface area contributed by atoms with E-state index in [1.807, 2.05) is 31.2 Å². The lowest BCUT2D eigenvalue weighted by atomic mass is 10.1. The van der Waals surface area contributed by atoms with Gasteiger partial charge in [0.05, 0.1) is 5.56 Å². The third kappa shape index (κ3) is 3.15. The van der Waals surface area contributed by atoms with Gasteiger partial charge >= 0.3 is 0 Å². The predicted molar refractivity (Wildman–Crippen MR) is 90.6 cm³/mol. The molecule has 23 heavy (non-hydrogen) atoms. The minimum absolute atomic E-state index is 0.262. The fraction of sp³-hybridized carbons (Fsp3) is 0.444. The minimum atomic E-state index is -0.524. The third-order valence-electron chi connectivity index (χ3n) is 4.65. The zero-order chi connectivity index (χ0) is 16.4. The van der Waals surface area contributed by atoms with Crippen LogP contribution < -0.4 is 5.32 Å². The van der Waals surface area contributed by atoms with Gasteiger partial charge in [0.25, 0.3) is 11.7 Å². The first kappa shape index (κ1) is 15.7. The van der Waals surface area contributed by atoms with Crippen LogP contribution in [0.4, 0.5) is 0 Å². The number of fused-ring (bicyclic) bond motifs is 1. The van der Waals surface area contributed by atoms with Crippen LogP contribution in [0, 0.1) is 6.92 Å². The lowest BCUT2D eigenvalue weighted by Gasteiger charge is -2.23. The molecule has 1 aliphatic rings. The predicted octanol–water partition coefficient (Wildman–Crippen LogP) is 2.26. The minimum Gasteiger partial charge on any atom is -0.358 e. The summed E-state index contributed by atoms with van der Waals surface area (Å²) in [5.41, 5.74) is 2.09. The van der Waals surface area contributed by atoms with Crippen LogP contribution in [0.15, 0.2) is 24.3 Å². The van der Waals surface area contributed by atoms with Gasteiger partial charge in [-0.1, -0.05) is 18.2 Å². The van der Waals surface area contributed by atoms with Crippen molar-refractivity contribution in [1.29, 1.82) is 0 Å². The first-order valence-corrected chi connectivity index (χ1v) is 8.22. The molecular weight excluding hydrogens is 290 g/mol. The van der Waals surface area contributed by atoms with Crippen LogP contribution in [0.5, 0.6) is 0 Å². The highest BCUT2D eigenvalue weighted by atomic mass is 16.2. The lowest BCUT2D eigenvalue weighted by Crippen LogP contribution is -2.42. The van der Waals surface area contributed by atoms with E-state index in [-0.39, 0.29) is 6.04 Å². The molecule has 122 valence electrons. The van der Waals surface area contributed by atoms with Gasteiger partial charge in [-0.2, -0.15) is 0 Å². The van der Waals surface area contributed by atoms with E-state index >= 15 is 0 Å². The van der Waals surface area contributed by atoms with Gasteiger partial charge in [-0.15, -0.1) is 0 Å². The van der Waals surface area contributed by atoms with Gasteiger partial charge in [0.15, 0.2) is 0 Å². The Morgan fingerprint density at radius 2 is 1.96 bits per heavy atom. The van der Waals surface area contributed by atoms with Crippen molar-refractivity contribution in [2.24, 2.45) is 0 Å². The Morgan fingerprint density at radius 3 is 2.70 bits per heavy atom. The standard InChI is InChI=1S/C18H23N3O2/c1-12(21-9-5-6-10-21)11-19-18(23)17(22)16-13(2)20-15-8-4-3-7-14(15)16/h3-4,7-8,12,20H,5-6,9-11H2,1-2H3,(H,19,23)/t12-/m1/s1. The number of hydrogen-bond donors (Lipinski definition) is 2. The number of aromatic amines is 1. The van der Waals surface area contributed by atoms with Gasteiger partial charge in [-0.25, -0.2) is 0 Å². The molecule has 3 rings (SSSR count). The van der Waals surface area contributed by atoms with Crippen LogP contribution in [-0.2, 0) is 4.79 Å². The molecule has 1 saturated heterocycles. The molecule has 2 aromatic rings. The molecule has 0 saturated carbocycles. The zero-order valence-corrected chi connectivity index (χ0v) is 13.7. The van der Waals surface area contributed by atoms with E-state index < -0.39 is 11.7 Å². The number of ketones is 1. The SMILES string of the molecule is Cc1[nH]c2ccccc2c1C(=O)C(=O)NC[C@@H](C)N1CCCC1. The number of benzene rings is 1.